The van der Waals surface area contributed by atoms with Crippen LogP contribution in [0.1, 0.15) is 68.9 Å². The molecule has 5 rings (SSSR count). The summed E-state index contributed by atoms with van der Waals surface area (Å²) in [6.45, 7) is 0. The molecule has 0 amide bonds. The summed E-state index contributed by atoms with van der Waals surface area (Å²) < 4.78 is 0. The molecule has 0 heterocycles. The van der Waals surface area contributed by atoms with E-state index < -0.39 is 0 Å². The van der Waals surface area contributed by atoms with Crippen molar-refractivity contribution in [2.24, 2.45) is 0 Å². The molecule has 0 bridgehead atoms. The normalized spacial score (nSPS) is 19.0. The largest absolute Gasteiger partial charge is 0.507 e. The van der Waals surface area contributed by atoms with Crippen LogP contribution in [0.2, 0.25) is 0 Å². The second-order valence-electron chi connectivity index (χ2n) is 8.47. The van der Waals surface area contributed by atoms with Gasteiger partial charge in [0.15, 0.2) is 0 Å². The van der Waals surface area contributed by atoms with Crippen LogP contribution < -0.4 is 0 Å². The van der Waals surface area contributed by atoms with E-state index >= 15 is 0 Å². The fraction of sp³-hybridized carbons (Fsp3) is 0.385. The number of hydrogen-bond donors (Lipinski definition) is 1. The molecule has 0 aliphatic heterocycles. The smallest absolute Gasteiger partial charge is 0.123 e. The van der Waals surface area contributed by atoms with Crippen molar-refractivity contribution in [2.45, 2.75) is 63.2 Å². The molecule has 0 atom stereocenters. The molecular formula is C26H28O. The van der Waals surface area contributed by atoms with Crippen LogP contribution in [0.15, 0.2) is 54.6 Å². The van der Waals surface area contributed by atoms with Crippen LogP contribution in [0.4, 0.5) is 0 Å². The molecule has 0 aromatic heterocycles. The molecule has 1 heteroatoms. The minimum absolute atomic E-state index is 0.0742. The number of benzene rings is 3. The van der Waals surface area contributed by atoms with E-state index in [-0.39, 0.29) is 5.41 Å². The van der Waals surface area contributed by atoms with Crippen molar-refractivity contribution in [3.63, 3.8) is 0 Å². The van der Waals surface area contributed by atoms with Crippen LogP contribution in [0.25, 0.3) is 21.9 Å². The van der Waals surface area contributed by atoms with E-state index in [0.29, 0.717) is 5.75 Å². The van der Waals surface area contributed by atoms with Gasteiger partial charge in [-0.25, -0.2) is 0 Å². The number of phenols is 1. The second kappa shape index (κ2) is 6.71. The quantitative estimate of drug-likeness (QED) is 0.447. The first kappa shape index (κ1) is 16.9. The van der Waals surface area contributed by atoms with Gasteiger partial charge in [0.05, 0.1) is 0 Å². The number of hydrogen-bond acceptors (Lipinski definition) is 1. The lowest BCUT2D eigenvalue weighted by molar-refractivity contribution is 0.382. The fourth-order valence-electron chi connectivity index (χ4n) is 5.69. The zero-order chi connectivity index (χ0) is 18.3. The molecule has 1 nitrogen and oxygen atoms in total. The predicted octanol–water partition coefficient (Wildman–Crippen LogP) is 7.34. The summed E-state index contributed by atoms with van der Waals surface area (Å²) in [7, 11) is 0. The Kier molecular flexibility index (Phi) is 4.19. The minimum Gasteiger partial charge on any atom is -0.507 e. The van der Waals surface area contributed by atoms with E-state index in [1.54, 1.807) is 0 Å². The summed E-state index contributed by atoms with van der Waals surface area (Å²) in [5.41, 5.74) is 5.71. The number of rotatable bonds is 0. The van der Waals surface area contributed by atoms with Crippen molar-refractivity contribution >= 4 is 10.8 Å². The Morgan fingerprint density at radius 3 is 1.96 bits per heavy atom. The second-order valence-corrected chi connectivity index (χ2v) is 8.47. The third-order valence-corrected chi connectivity index (χ3v) is 6.96. The molecule has 27 heavy (non-hydrogen) atoms. The predicted molar refractivity (Wildman–Crippen MR) is 113 cm³/mol. The zero-order valence-electron chi connectivity index (χ0n) is 16.0. The van der Waals surface area contributed by atoms with E-state index in [9.17, 15) is 5.11 Å². The number of fused-ring (bicyclic) bond motifs is 7. The zero-order valence-corrected chi connectivity index (χ0v) is 16.0. The van der Waals surface area contributed by atoms with Crippen LogP contribution in [-0.2, 0) is 5.41 Å². The summed E-state index contributed by atoms with van der Waals surface area (Å²) in [6.07, 6.45) is 11.8. The van der Waals surface area contributed by atoms with Crippen LogP contribution in [0.3, 0.4) is 0 Å². The lowest BCUT2D eigenvalue weighted by atomic mass is 9.70. The topological polar surface area (TPSA) is 20.2 Å². The van der Waals surface area contributed by atoms with Gasteiger partial charge in [-0.2, -0.15) is 0 Å². The molecule has 2 aliphatic rings. The third-order valence-electron chi connectivity index (χ3n) is 6.96. The van der Waals surface area contributed by atoms with Crippen molar-refractivity contribution in [3.8, 4) is 16.9 Å². The summed E-state index contributed by atoms with van der Waals surface area (Å²) >= 11 is 0. The van der Waals surface area contributed by atoms with E-state index in [4.69, 9.17) is 0 Å². The van der Waals surface area contributed by atoms with Gasteiger partial charge in [-0.05, 0) is 46.5 Å². The summed E-state index contributed by atoms with van der Waals surface area (Å²) in [6, 6.07) is 19.5. The minimum atomic E-state index is 0.0742. The molecule has 138 valence electrons. The summed E-state index contributed by atoms with van der Waals surface area (Å²) in [4.78, 5) is 0. The standard InChI is InChI=1S/C26H28O/c27-24-18-23-25(20-13-7-6-12-19(20)24)21-14-8-9-15-22(21)26(23)16-10-4-2-1-3-5-11-17-26/h6-9,12-15,18,27H,1-5,10-11,16-17H2. The van der Waals surface area contributed by atoms with Crippen LogP contribution >= 0.6 is 0 Å². The van der Waals surface area contributed by atoms with Crippen molar-refractivity contribution < 1.29 is 5.11 Å². The highest BCUT2D eigenvalue weighted by molar-refractivity contribution is 6.05. The van der Waals surface area contributed by atoms with Gasteiger partial charge in [-0.15, -0.1) is 0 Å². The Bertz CT molecular complexity index is 975. The van der Waals surface area contributed by atoms with Gasteiger partial charge in [0.25, 0.3) is 0 Å². The maximum absolute atomic E-state index is 10.9. The van der Waals surface area contributed by atoms with Crippen LogP contribution in [0.5, 0.6) is 5.75 Å². The maximum Gasteiger partial charge on any atom is 0.123 e. The summed E-state index contributed by atoms with van der Waals surface area (Å²) in [5, 5.41) is 13.0. The first-order valence-corrected chi connectivity index (χ1v) is 10.7. The van der Waals surface area contributed by atoms with E-state index in [0.717, 1.165) is 5.39 Å². The van der Waals surface area contributed by atoms with Crippen molar-refractivity contribution in [3.05, 3.63) is 65.7 Å². The highest BCUT2D eigenvalue weighted by Gasteiger charge is 2.43. The Morgan fingerprint density at radius 1 is 0.630 bits per heavy atom. The van der Waals surface area contributed by atoms with Gasteiger partial charge in [0, 0.05) is 10.8 Å². The summed E-state index contributed by atoms with van der Waals surface area (Å²) in [5.74, 6) is 0.439. The van der Waals surface area contributed by atoms with Crippen molar-refractivity contribution in [1.29, 1.82) is 0 Å². The molecule has 2 aliphatic carbocycles. The molecule has 0 saturated heterocycles. The van der Waals surface area contributed by atoms with Crippen molar-refractivity contribution in [1.82, 2.24) is 0 Å². The van der Waals surface area contributed by atoms with Gasteiger partial charge >= 0.3 is 0 Å². The van der Waals surface area contributed by atoms with Crippen LogP contribution in [-0.4, -0.2) is 5.11 Å². The molecule has 1 saturated carbocycles. The molecule has 3 aromatic rings. The first-order chi connectivity index (χ1) is 13.3. The Balaban J connectivity index is 1.78. The Labute approximate surface area is 162 Å². The first-order valence-electron chi connectivity index (χ1n) is 10.7. The van der Waals surface area contributed by atoms with Crippen LogP contribution in [0, 0.1) is 0 Å². The molecular weight excluding hydrogens is 328 g/mol. The van der Waals surface area contributed by atoms with Gasteiger partial charge in [-0.3, -0.25) is 0 Å². The average Bonchev–Trinajstić information content (AvgIpc) is 2.98. The highest BCUT2D eigenvalue weighted by atomic mass is 16.3. The van der Waals surface area contributed by atoms with Gasteiger partial charge < -0.3 is 5.11 Å². The molecule has 0 unspecified atom stereocenters. The molecule has 3 aromatic carbocycles. The average molecular weight is 357 g/mol. The van der Waals surface area contributed by atoms with Gasteiger partial charge in [-0.1, -0.05) is 93.5 Å². The number of aromatic hydroxyl groups is 1. The van der Waals surface area contributed by atoms with E-state index in [2.05, 4.69) is 42.5 Å². The molecule has 1 spiro atoms. The van der Waals surface area contributed by atoms with E-state index in [1.807, 2.05) is 12.1 Å². The molecule has 0 radical (unpaired) electrons. The Hall–Kier alpha value is -2.28. The third kappa shape index (κ3) is 2.59. The Morgan fingerprint density at radius 2 is 1.22 bits per heavy atom. The van der Waals surface area contributed by atoms with Gasteiger partial charge in [0.1, 0.15) is 5.75 Å². The highest BCUT2D eigenvalue weighted by Crippen LogP contribution is 2.57. The SMILES string of the molecule is Oc1cc2c(c3ccccc13)-c1ccccc1C21CCCCCCCCC1. The lowest BCUT2D eigenvalue weighted by Crippen LogP contribution is -2.25. The molecule has 1 fully saturated rings. The number of phenolic OH excluding ortho intramolecular Hbond substituents is 1. The monoisotopic (exact) mass is 356 g/mol. The van der Waals surface area contributed by atoms with Gasteiger partial charge in [0.2, 0.25) is 0 Å². The lowest BCUT2D eigenvalue weighted by Gasteiger charge is -2.33. The van der Waals surface area contributed by atoms with E-state index in [1.165, 1.54) is 85.4 Å². The molecule has 1 N–H and O–H groups in total. The van der Waals surface area contributed by atoms with Crippen molar-refractivity contribution in [2.75, 3.05) is 0 Å². The fourth-order valence-corrected chi connectivity index (χ4v) is 5.69. The maximum atomic E-state index is 10.9.